The molecule has 3 heterocycles. The van der Waals surface area contributed by atoms with Gasteiger partial charge in [-0.3, -0.25) is 14.8 Å². The highest BCUT2D eigenvalue weighted by atomic mass is 16.5. The van der Waals surface area contributed by atoms with E-state index < -0.39 is 0 Å². The maximum atomic E-state index is 11.5. The zero-order valence-electron chi connectivity index (χ0n) is 8.74. The average Bonchev–Trinajstić information content (AvgIpc) is 2.89. The summed E-state index contributed by atoms with van der Waals surface area (Å²) in [6.07, 6.45) is 6.93. The molecule has 5 heteroatoms. The Morgan fingerprint density at radius 3 is 2.88 bits per heavy atom. The number of aromatic nitrogens is 2. The number of nitrogens with zero attached hydrogens (tertiary/aromatic N) is 2. The van der Waals surface area contributed by atoms with Crippen molar-refractivity contribution in [2.45, 2.75) is 31.0 Å². The van der Waals surface area contributed by atoms with Crippen LogP contribution in [0.4, 0.5) is 0 Å². The van der Waals surface area contributed by atoms with Gasteiger partial charge in [-0.1, -0.05) is 0 Å². The summed E-state index contributed by atoms with van der Waals surface area (Å²) in [7, 11) is 0. The van der Waals surface area contributed by atoms with Gasteiger partial charge in [0.25, 0.3) is 0 Å². The summed E-state index contributed by atoms with van der Waals surface area (Å²) >= 11 is 0. The minimum absolute atomic E-state index is 0.00931. The van der Waals surface area contributed by atoms with Crippen molar-refractivity contribution in [1.82, 2.24) is 9.97 Å². The van der Waals surface area contributed by atoms with Crippen molar-refractivity contribution in [3.05, 3.63) is 24.3 Å². The van der Waals surface area contributed by atoms with E-state index in [1.54, 1.807) is 18.6 Å². The van der Waals surface area contributed by atoms with E-state index in [1.807, 2.05) is 0 Å². The highest BCUT2D eigenvalue weighted by molar-refractivity contribution is 5.79. The standard InChI is InChI=1S/C11H13N3O2/c12-11(15)10-8-2-1-7(16-8)9(10)6-5-13-3-4-14-6/h3-5,7-10H,1-2H2,(H2,12,15). The van der Waals surface area contributed by atoms with E-state index in [1.165, 1.54) is 0 Å². The number of fused-ring (bicyclic) bond motifs is 2. The third-order valence-electron chi connectivity index (χ3n) is 3.53. The number of carbonyl (C=O) groups excluding carboxylic acids is 1. The van der Waals surface area contributed by atoms with Crippen LogP contribution in [0, 0.1) is 5.92 Å². The summed E-state index contributed by atoms with van der Waals surface area (Å²) < 4.78 is 5.74. The molecule has 2 aliphatic rings. The summed E-state index contributed by atoms with van der Waals surface area (Å²) in [5.74, 6) is -0.539. The lowest BCUT2D eigenvalue weighted by Crippen LogP contribution is -2.36. The molecule has 2 bridgehead atoms. The molecule has 16 heavy (non-hydrogen) atoms. The lowest BCUT2D eigenvalue weighted by Gasteiger charge is -2.24. The van der Waals surface area contributed by atoms with Gasteiger partial charge < -0.3 is 10.5 Å². The predicted molar refractivity (Wildman–Crippen MR) is 55.4 cm³/mol. The first-order valence-corrected chi connectivity index (χ1v) is 5.48. The Bertz CT molecular complexity index is 409. The molecule has 84 valence electrons. The van der Waals surface area contributed by atoms with Gasteiger partial charge in [0.15, 0.2) is 0 Å². The molecule has 2 aliphatic heterocycles. The average molecular weight is 219 g/mol. The number of ether oxygens (including phenoxy) is 1. The molecule has 4 unspecified atom stereocenters. The fraction of sp³-hybridized carbons (Fsp3) is 0.545. The molecule has 0 aromatic carbocycles. The molecule has 0 aliphatic carbocycles. The Balaban J connectivity index is 1.97. The van der Waals surface area contributed by atoms with Crippen LogP contribution < -0.4 is 5.73 Å². The monoisotopic (exact) mass is 219 g/mol. The first-order valence-electron chi connectivity index (χ1n) is 5.48. The SMILES string of the molecule is NC(=O)C1C2CCC(O2)C1c1cnccn1. The van der Waals surface area contributed by atoms with E-state index in [-0.39, 0.29) is 30.0 Å². The Labute approximate surface area is 93.0 Å². The number of carbonyl (C=O) groups is 1. The lowest BCUT2D eigenvalue weighted by molar-refractivity contribution is -0.123. The van der Waals surface area contributed by atoms with Gasteiger partial charge in [-0.2, -0.15) is 0 Å². The summed E-state index contributed by atoms with van der Waals surface area (Å²) in [5, 5.41) is 0. The molecular formula is C11H13N3O2. The second kappa shape index (κ2) is 3.52. The molecule has 0 saturated carbocycles. The second-order valence-electron chi connectivity index (χ2n) is 4.37. The van der Waals surface area contributed by atoms with Gasteiger partial charge in [0.05, 0.1) is 23.8 Å². The Kier molecular flexibility index (Phi) is 2.14. The maximum Gasteiger partial charge on any atom is 0.223 e. The molecule has 5 nitrogen and oxygen atoms in total. The highest BCUT2D eigenvalue weighted by Crippen LogP contribution is 2.47. The number of nitrogens with two attached hydrogens (primary N) is 1. The fourth-order valence-corrected chi connectivity index (χ4v) is 2.90. The van der Waals surface area contributed by atoms with Gasteiger partial charge >= 0.3 is 0 Å². The van der Waals surface area contributed by atoms with Gasteiger partial charge in [-0.15, -0.1) is 0 Å². The number of rotatable bonds is 2. The summed E-state index contributed by atoms with van der Waals surface area (Å²) in [6, 6.07) is 0. The van der Waals surface area contributed by atoms with Gasteiger partial charge in [0.1, 0.15) is 0 Å². The first-order chi connectivity index (χ1) is 7.77. The van der Waals surface area contributed by atoms with Crippen molar-refractivity contribution in [1.29, 1.82) is 0 Å². The summed E-state index contributed by atoms with van der Waals surface area (Å²) in [6.45, 7) is 0. The van der Waals surface area contributed by atoms with Crippen LogP contribution in [0.15, 0.2) is 18.6 Å². The third kappa shape index (κ3) is 1.31. The van der Waals surface area contributed by atoms with Crippen LogP contribution in [-0.4, -0.2) is 28.1 Å². The quantitative estimate of drug-likeness (QED) is 0.772. The first kappa shape index (κ1) is 9.72. The van der Waals surface area contributed by atoms with E-state index in [0.717, 1.165) is 18.5 Å². The summed E-state index contributed by atoms with van der Waals surface area (Å²) in [5.41, 5.74) is 6.26. The van der Waals surface area contributed by atoms with Crippen LogP contribution >= 0.6 is 0 Å². The minimum atomic E-state index is -0.289. The number of primary amides is 1. The van der Waals surface area contributed by atoms with Crippen LogP contribution in [-0.2, 0) is 9.53 Å². The molecule has 0 spiro atoms. The van der Waals surface area contributed by atoms with E-state index in [9.17, 15) is 4.79 Å². The van der Waals surface area contributed by atoms with Crippen LogP contribution in [0.3, 0.4) is 0 Å². The van der Waals surface area contributed by atoms with Crippen LogP contribution in [0.5, 0.6) is 0 Å². The van der Waals surface area contributed by atoms with Gasteiger partial charge in [0.2, 0.25) is 5.91 Å². The van der Waals surface area contributed by atoms with Gasteiger partial charge in [-0.25, -0.2) is 0 Å². The Hall–Kier alpha value is -1.49. The smallest absolute Gasteiger partial charge is 0.223 e. The zero-order valence-corrected chi connectivity index (χ0v) is 8.74. The molecule has 2 N–H and O–H groups in total. The largest absolute Gasteiger partial charge is 0.373 e. The van der Waals surface area contributed by atoms with E-state index in [0.29, 0.717) is 0 Å². The van der Waals surface area contributed by atoms with Crippen molar-refractivity contribution in [3.63, 3.8) is 0 Å². The number of hydrogen-bond acceptors (Lipinski definition) is 4. The van der Waals surface area contributed by atoms with Crippen LogP contribution in [0.25, 0.3) is 0 Å². The minimum Gasteiger partial charge on any atom is -0.373 e. The normalized spacial score (nSPS) is 36.5. The van der Waals surface area contributed by atoms with Crippen molar-refractivity contribution in [3.8, 4) is 0 Å². The van der Waals surface area contributed by atoms with Gasteiger partial charge in [-0.05, 0) is 12.8 Å². The molecule has 0 radical (unpaired) electrons. The van der Waals surface area contributed by atoms with Crippen LogP contribution in [0.2, 0.25) is 0 Å². The van der Waals surface area contributed by atoms with Crippen molar-refractivity contribution >= 4 is 5.91 Å². The molecule has 1 aromatic heterocycles. The molecule has 2 saturated heterocycles. The number of amides is 1. The molecule has 1 amide bonds. The molecule has 4 atom stereocenters. The second-order valence-corrected chi connectivity index (χ2v) is 4.37. The Morgan fingerprint density at radius 2 is 2.19 bits per heavy atom. The molecule has 3 rings (SSSR count). The van der Waals surface area contributed by atoms with Crippen molar-refractivity contribution in [2.75, 3.05) is 0 Å². The topological polar surface area (TPSA) is 78.1 Å². The maximum absolute atomic E-state index is 11.5. The van der Waals surface area contributed by atoms with E-state index in [4.69, 9.17) is 10.5 Å². The third-order valence-corrected chi connectivity index (χ3v) is 3.53. The zero-order chi connectivity index (χ0) is 11.1. The molecule has 1 aromatic rings. The number of hydrogen-bond donors (Lipinski definition) is 1. The molecule has 2 fully saturated rings. The highest BCUT2D eigenvalue weighted by Gasteiger charge is 2.52. The molecular weight excluding hydrogens is 206 g/mol. The lowest BCUT2D eigenvalue weighted by atomic mass is 9.77. The van der Waals surface area contributed by atoms with Crippen molar-refractivity contribution < 1.29 is 9.53 Å². The van der Waals surface area contributed by atoms with E-state index >= 15 is 0 Å². The predicted octanol–water partition coefficient (Wildman–Crippen LogP) is 0.223. The van der Waals surface area contributed by atoms with E-state index in [2.05, 4.69) is 9.97 Å². The van der Waals surface area contributed by atoms with Crippen LogP contribution in [0.1, 0.15) is 24.5 Å². The van der Waals surface area contributed by atoms with Crippen molar-refractivity contribution in [2.24, 2.45) is 11.7 Å². The van der Waals surface area contributed by atoms with Gasteiger partial charge in [0, 0.05) is 24.5 Å². The Morgan fingerprint density at radius 1 is 1.38 bits per heavy atom. The fourth-order valence-electron chi connectivity index (χ4n) is 2.90. The summed E-state index contributed by atoms with van der Waals surface area (Å²) in [4.78, 5) is 19.8.